The lowest BCUT2D eigenvalue weighted by Crippen LogP contribution is -2.59. The van der Waals surface area contributed by atoms with Crippen LogP contribution >= 0.6 is 0 Å². The van der Waals surface area contributed by atoms with Gasteiger partial charge < -0.3 is 30.1 Å². The number of nitrogens with zero attached hydrogens (tertiary/aromatic N) is 2. The number of carbonyl (C=O) groups excluding carboxylic acids is 3. The van der Waals surface area contributed by atoms with Crippen molar-refractivity contribution in [1.29, 1.82) is 0 Å². The molecule has 0 radical (unpaired) electrons. The maximum atomic E-state index is 14.4. The summed E-state index contributed by atoms with van der Waals surface area (Å²) in [7, 11) is -4.00. The molecule has 280 valence electrons. The topological polar surface area (TPSA) is 193 Å². The molecule has 14 nitrogen and oxygen atoms in total. The van der Waals surface area contributed by atoms with Gasteiger partial charge in [0.05, 0.1) is 23.6 Å². The molecule has 1 aromatic carbocycles. The molecule has 3 fully saturated rings. The molecule has 3 aliphatic heterocycles. The smallest absolute Gasteiger partial charge is 0.405 e. The van der Waals surface area contributed by atoms with E-state index in [-0.39, 0.29) is 25.3 Å². The molecule has 52 heavy (non-hydrogen) atoms. The summed E-state index contributed by atoms with van der Waals surface area (Å²) in [6.07, 6.45) is 6.25. The predicted octanol–water partition coefficient (Wildman–Crippen LogP) is 3.43. The van der Waals surface area contributed by atoms with E-state index in [1.54, 1.807) is 6.92 Å². The normalized spacial score (nSPS) is 32.0. The van der Waals surface area contributed by atoms with E-state index in [1.807, 2.05) is 50.3 Å². The number of sulfonamides is 1. The van der Waals surface area contributed by atoms with Crippen molar-refractivity contribution in [3.63, 3.8) is 0 Å². The molecule has 2 aliphatic carbocycles. The second-order valence-corrected chi connectivity index (χ2v) is 17.8. The third-order valence-corrected chi connectivity index (χ3v) is 13.7. The number of amides is 4. The summed E-state index contributed by atoms with van der Waals surface area (Å²) in [6.45, 7) is 5.98. The highest BCUT2D eigenvalue weighted by Crippen LogP contribution is 2.48. The fourth-order valence-corrected chi connectivity index (χ4v) is 9.29. The van der Waals surface area contributed by atoms with E-state index in [0.717, 1.165) is 23.9 Å². The summed E-state index contributed by atoms with van der Waals surface area (Å²) in [5.74, 6) is -1.71. The molecule has 7 rings (SSSR count). The van der Waals surface area contributed by atoms with E-state index in [9.17, 15) is 32.7 Å². The molecule has 2 saturated carbocycles. The van der Waals surface area contributed by atoms with Gasteiger partial charge in [-0.3, -0.25) is 19.1 Å². The number of aromatic nitrogens is 1. The van der Waals surface area contributed by atoms with Crippen LogP contribution in [0.2, 0.25) is 0 Å². The number of allylic oxidation sites excluding steroid dienone is 1. The zero-order valence-corrected chi connectivity index (χ0v) is 30.5. The maximum Gasteiger partial charge on any atom is 0.405 e. The minimum absolute atomic E-state index is 0.0281. The summed E-state index contributed by atoms with van der Waals surface area (Å²) >= 11 is 0. The van der Waals surface area contributed by atoms with Crippen LogP contribution in [0.3, 0.4) is 0 Å². The lowest BCUT2D eigenvalue weighted by Gasteiger charge is -2.32. The van der Waals surface area contributed by atoms with Crippen LogP contribution in [0.4, 0.5) is 4.79 Å². The summed E-state index contributed by atoms with van der Waals surface area (Å²) in [5.41, 5.74) is -0.778. The SMILES string of the molecule is C[C@H]1CC/C=C\C2CC2(C(=O)NS(=O)(=O)C2(C)CC2)NC(=O)[C@@H]2C[C@@H](Oc3nc4c(c5ccccc35)OCCC4)CN2C(=O)[C@@H](NC(=O)O)[C@H](C)C1. The quantitative estimate of drug-likeness (QED) is 0.319. The number of benzene rings is 1. The number of nitrogens with one attached hydrogen (secondary N) is 3. The van der Waals surface area contributed by atoms with E-state index >= 15 is 0 Å². The largest absolute Gasteiger partial charge is 0.491 e. The molecule has 0 bridgehead atoms. The van der Waals surface area contributed by atoms with Gasteiger partial charge in [0.1, 0.15) is 29.5 Å². The van der Waals surface area contributed by atoms with Gasteiger partial charge in [0, 0.05) is 23.1 Å². The number of hydrogen-bond acceptors (Lipinski definition) is 9. The van der Waals surface area contributed by atoms with Crippen molar-refractivity contribution in [2.45, 2.75) is 107 Å². The van der Waals surface area contributed by atoms with E-state index in [1.165, 1.54) is 4.90 Å². The number of fused-ring (bicyclic) bond motifs is 5. The molecule has 5 aliphatic rings. The minimum Gasteiger partial charge on any atom is -0.491 e. The third-order valence-electron chi connectivity index (χ3n) is 11.5. The molecule has 1 saturated heterocycles. The molecule has 2 aromatic rings. The summed E-state index contributed by atoms with van der Waals surface area (Å²) in [5, 5.41) is 16.6. The highest BCUT2D eigenvalue weighted by Gasteiger charge is 2.63. The van der Waals surface area contributed by atoms with Crippen LogP contribution in [0.15, 0.2) is 36.4 Å². The van der Waals surface area contributed by atoms with Gasteiger partial charge in [-0.25, -0.2) is 18.2 Å². The van der Waals surface area contributed by atoms with Gasteiger partial charge in [-0.05, 0) is 76.2 Å². The lowest BCUT2D eigenvalue weighted by atomic mass is 9.88. The van der Waals surface area contributed by atoms with E-state index in [2.05, 4.69) is 15.4 Å². The average Bonchev–Trinajstić information content (AvgIpc) is 3.98. The van der Waals surface area contributed by atoms with Crippen molar-refractivity contribution in [1.82, 2.24) is 25.2 Å². The van der Waals surface area contributed by atoms with Crippen molar-refractivity contribution < 1.29 is 42.2 Å². The van der Waals surface area contributed by atoms with Crippen LogP contribution in [0, 0.1) is 17.8 Å². The Hall–Kier alpha value is -4.40. The summed E-state index contributed by atoms with van der Waals surface area (Å²) in [6, 6.07) is 5.27. The first-order valence-corrected chi connectivity index (χ1v) is 19.8. The Labute approximate surface area is 303 Å². The number of aryl methyl sites for hydroxylation is 1. The van der Waals surface area contributed by atoms with Crippen LogP contribution in [-0.2, 0) is 30.8 Å². The average molecular weight is 738 g/mol. The highest BCUT2D eigenvalue weighted by atomic mass is 32.2. The van der Waals surface area contributed by atoms with E-state index in [4.69, 9.17) is 14.5 Å². The van der Waals surface area contributed by atoms with Crippen LogP contribution in [0.5, 0.6) is 11.6 Å². The van der Waals surface area contributed by atoms with Gasteiger partial charge in [0.25, 0.3) is 5.91 Å². The standard InChI is InChI=1S/C37H47N5O9S/c1-21-9-4-5-10-23-19-37(23,34(45)41-52(48,49)36(3)14-15-36)40-31(43)28-18-24(20-42(28)33(44)29(22(2)17-21)39-35(46)47)51-32-26-12-7-6-11-25(26)30-27(38-32)13-8-16-50-30/h5-7,10-12,21-24,28-29,39H,4,8-9,13-20H2,1-3H3,(H,40,43)(H,41,45)(H,46,47)/b10-5-/t21-,22+,23?,24+,28-,29-,37?/m0/s1. The molecule has 15 heteroatoms. The third kappa shape index (κ3) is 6.79. The minimum atomic E-state index is -4.00. The number of pyridine rings is 1. The summed E-state index contributed by atoms with van der Waals surface area (Å²) < 4.78 is 40.0. The second-order valence-electron chi connectivity index (χ2n) is 15.6. The van der Waals surface area contributed by atoms with Crippen molar-refractivity contribution in [2.75, 3.05) is 13.2 Å². The lowest BCUT2D eigenvalue weighted by molar-refractivity contribution is -0.142. The second kappa shape index (κ2) is 13.5. The van der Waals surface area contributed by atoms with E-state index in [0.29, 0.717) is 55.7 Å². The van der Waals surface area contributed by atoms with Crippen LogP contribution in [0.1, 0.15) is 77.8 Å². The maximum absolute atomic E-state index is 14.4. The molecule has 1 aromatic heterocycles. The number of carbonyl (C=O) groups is 4. The molecular formula is C37H47N5O9S. The fraction of sp³-hybridized carbons (Fsp3) is 0.595. The predicted molar refractivity (Wildman–Crippen MR) is 190 cm³/mol. The molecular weight excluding hydrogens is 691 g/mol. The zero-order chi connectivity index (χ0) is 37.0. The van der Waals surface area contributed by atoms with E-state index < -0.39 is 74.1 Å². The molecule has 4 N–H and O–H groups in total. The van der Waals surface area contributed by atoms with Crippen molar-refractivity contribution in [3.05, 3.63) is 42.1 Å². The molecule has 4 amide bonds. The van der Waals surface area contributed by atoms with Gasteiger partial charge >= 0.3 is 6.09 Å². The van der Waals surface area contributed by atoms with Crippen LogP contribution in [-0.4, -0.2) is 88.8 Å². The Balaban J connectivity index is 1.23. The number of ether oxygens (including phenoxy) is 2. The monoisotopic (exact) mass is 737 g/mol. The Morgan fingerprint density at radius 2 is 1.88 bits per heavy atom. The van der Waals surface area contributed by atoms with Gasteiger partial charge in [-0.15, -0.1) is 0 Å². The first-order chi connectivity index (χ1) is 24.7. The Kier molecular flexibility index (Phi) is 9.37. The molecule has 0 spiro atoms. The van der Waals surface area contributed by atoms with Crippen molar-refractivity contribution in [3.8, 4) is 11.6 Å². The molecule has 4 heterocycles. The van der Waals surface area contributed by atoms with Crippen molar-refractivity contribution in [2.24, 2.45) is 17.8 Å². The van der Waals surface area contributed by atoms with Crippen LogP contribution < -0.4 is 24.8 Å². The molecule has 2 unspecified atom stereocenters. The van der Waals surface area contributed by atoms with Crippen LogP contribution in [0.25, 0.3) is 10.8 Å². The highest BCUT2D eigenvalue weighted by molar-refractivity contribution is 7.91. The Morgan fingerprint density at radius 3 is 2.62 bits per heavy atom. The Morgan fingerprint density at radius 1 is 1.13 bits per heavy atom. The summed E-state index contributed by atoms with van der Waals surface area (Å²) in [4.78, 5) is 60.8. The van der Waals surface area contributed by atoms with Gasteiger partial charge in [-0.1, -0.05) is 44.2 Å². The molecule has 7 atom stereocenters. The van der Waals surface area contributed by atoms with Gasteiger partial charge in [0.15, 0.2) is 0 Å². The fourth-order valence-electron chi connectivity index (χ4n) is 7.98. The van der Waals surface area contributed by atoms with Gasteiger partial charge in [0.2, 0.25) is 27.7 Å². The number of rotatable bonds is 6. The van der Waals surface area contributed by atoms with Gasteiger partial charge in [-0.2, -0.15) is 0 Å². The zero-order valence-electron chi connectivity index (χ0n) is 29.7. The number of hydrogen-bond donors (Lipinski definition) is 4. The van der Waals surface area contributed by atoms with Crippen molar-refractivity contribution >= 4 is 44.6 Å². The number of carboxylic acid groups (broad SMARTS) is 1. The first kappa shape index (κ1) is 36.0. The first-order valence-electron chi connectivity index (χ1n) is 18.3. The Bertz CT molecular complexity index is 1930.